The van der Waals surface area contributed by atoms with Gasteiger partial charge in [-0.1, -0.05) is 12.1 Å². The molecule has 1 aliphatic heterocycles. The largest absolute Gasteiger partial charge is 0.490 e. The fraction of sp³-hybridized carbons (Fsp3) is 0.444. The van der Waals surface area contributed by atoms with E-state index in [1.54, 1.807) is 18.2 Å². The average molecular weight is 347 g/mol. The molecule has 1 saturated heterocycles. The lowest BCUT2D eigenvalue weighted by molar-refractivity contribution is -0.136. The quantitative estimate of drug-likeness (QED) is 0.836. The lowest BCUT2D eigenvalue weighted by Gasteiger charge is -2.22. The molecule has 0 unspecified atom stereocenters. The Kier molecular flexibility index (Phi) is 5.65. The first-order chi connectivity index (χ1) is 12.2. The summed E-state index contributed by atoms with van der Waals surface area (Å²) in [5, 5.41) is 7.33. The fourth-order valence-corrected chi connectivity index (χ4v) is 3.09. The number of nitrogens with one attached hydrogen (secondary N) is 1. The van der Waals surface area contributed by atoms with Crippen molar-refractivity contribution in [2.75, 3.05) is 26.9 Å². The third-order valence-electron chi connectivity index (χ3n) is 4.30. The highest BCUT2D eigenvalue weighted by Gasteiger charge is 2.31. The van der Waals surface area contributed by atoms with Crippen molar-refractivity contribution in [2.45, 2.75) is 25.3 Å². The van der Waals surface area contributed by atoms with Crippen LogP contribution in [0.15, 0.2) is 30.3 Å². The molecular weight excluding hydrogens is 325 g/mol. The van der Waals surface area contributed by atoms with E-state index in [-0.39, 0.29) is 30.1 Å². The van der Waals surface area contributed by atoms with Crippen LogP contribution >= 0.6 is 0 Å². The third-order valence-corrected chi connectivity index (χ3v) is 4.30. The normalized spacial score (nSPS) is 17.0. The van der Waals surface area contributed by atoms with E-state index in [0.717, 1.165) is 30.8 Å². The van der Waals surface area contributed by atoms with E-state index in [4.69, 9.17) is 9.47 Å². The predicted octanol–water partition coefficient (Wildman–Crippen LogP) is 2.48. The van der Waals surface area contributed by atoms with Crippen LogP contribution in [0.3, 0.4) is 0 Å². The Balaban J connectivity index is 1.57. The maximum Gasteiger partial charge on any atom is 0.249 e. The van der Waals surface area contributed by atoms with Crippen LogP contribution in [-0.2, 0) is 16.0 Å². The Morgan fingerprint density at radius 2 is 2.28 bits per heavy atom. The maximum atomic E-state index is 13.5. The average Bonchev–Trinajstić information content (AvgIpc) is 3.25. The van der Waals surface area contributed by atoms with Crippen LogP contribution in [0.1, 0.15) is 30.3 Å². The van der Waals surface area contributed by atoms with Crippen molar-refractivity contribution in [2.24, 2.45) is 0 Å². The van der Waals surface area contributed by atoms with Gasteiger partial charge < -0.3 is 14.4 Å². The highest BCUT2D eigenvalue weighted by atomic mass is 19.1. The van der Waals surface area contributed by atoms with E-state index in [0.29, 0.717) is 13.0 Å². The molecule has 1 amide bonds. The van der Waals surface area contributed by atoms with Crippen LogP contribution in [0.5, 0.6) is 5.75 Å². The second-order valence-corrected chi connectivity index (χ2v) is 6.03. The molecule has 1 aromatic carbocycles. The van der Waals surface area contributed by atoms with Gasteiger partial charge in [0.25, 0.3) is 0 Å². The van der Waals surface area contributed by atoms with Gasteiger partial charge in [0.2, 0.25) is 5.91 Å². The molecule has 1 fully saturated rings. The number of amides is 1. The Bertz CT molecular complexity index is 719. The van der Waals surface area contributed by atoms with Gasteiger partial charge >= 0.3 is 0 Å². The number of aromatic nitrogens is 2. The smallest absolute Gasteiger partial charge is 0.249 e. The van der Waals surface area contributed by atoms with E-state index >= 15 is 0 Å². The summed E-state index contributed by atoms with van der Waals surface area (Å²) < 4.78 is 23.9. The number of rotatable bonds is 7. The van der Waals surface area contributed by atoms with Crippen LogP contribution in [0.25, 0.3) is 0 Å². The van der Waals surface area contributed by atoms with Crippen LogP contribution in [-0.4, -0.2) is 47.9 Å². The van der Waals surface area contributed by atoms with E-state index in [2.05, 4.69) is 10.2 Å². The molecular formula is C18H22FN3O3. The minimum atomic E-state index is -0.369. The Morgan fingerprint density at radius 3 is 3.08 bits per heavy atom. The SMILES string of the molecule is COCC(=O)N1CCC[C@H]1c1cc(CCOc2ccccc2F)[nH]n1. The van der Waals surface area contributed by atoms with Crippen LogP contribution < -0.4 is 4.74 Å². The van der Waals surface area contributed by atoms with Crippen molar-refractivity contribution in [1.29, 1.82) is 0 Å². The molecule has 1 atom stereocenters. The molecule has 0 spiro atoms. The molecule has 1 aromatic heterocycles. The summed E-state index contributed by atoms with van der Waals surface area (Å²) >= 11 is 0. The van der Waals surface area contributed by atoms with Gasteiger partial charge in [-0.3, -0.25) is 9.89 Å². The Hall–Kier alpha value is -2.41. The summed E-state index contributed by atoms with van der Waals surface area (Å²) in [5.74, 6) is -0.141. The number of benzene rings is 1. The predicted molar refractivity (Wildman–Crippen MR) is 89.8 cm³/mol. The van der Waals surface area contributed by atoms with Gasteiger partial charge in [0.15, 0.2) is 11.6 Å². The number of aromatic amines is 1. The van der Waals surface area contributed by atoms with Gasteiger partial charge in [-0.05, 0) is 31.0 Å². The zero-order valence-electron chi connectivity index (χ0n) is 14.2. The van der Waals surface area contributed by atoms with Gasteiger partial charge in [-0.15, -0.1) is 0 Å². The molecule has 2 heterocycles. The number of nitrogens with zero attached hydrogens (tertiary/aromatic N) is 2. The zero-order chi connectivity index (χ0) is 17.6. The minimum absolute atomic E-state index is 0.0138. The number of methoxy groups -OCH3 is 1. The lowest BCUT2D eigenvalue weighted by Crippen LogP contribution is -2.33. The molecule has 2 aromatic rings. The van der Waals surface area contributed by atoms with Gasteiger partial charge in [-0.25, -0.2) is 4.39 Å². The number of carbonyl (C=O) groups is 1. The van der Waals surface area contributed by atoms with E-state index in [1.165, 1.54) is 13.2 Å². The van der Waals surface area contributed by atoms with Crippen molar-refractivity contribution in [3.63, 3.8) is 0 Å². The summed E-state index contributed by atoms with van der Waals surface area (Å²) in [5.41, 5.74) is 1.75. The summed E-state index contributed by atoms with van der Waals surface area (Å²) in [7, 11) is 1.52. The molecule has 0 saturated carbocycles. The molecule has 0 radical (unpaired) electrons. The van der Waals surface area contributed by atoms with Gasteiger partial charge in [-0.2, -0.15) is 5.10 Å². The van der Waals surface area contributed by atoms with Crippen molar-refractivity contribution < 1.29 is 18.7 Å². The lowest BCUT2D eigenvalue weighted by atomic mass is 10.1. The molecule has 0 bridgehead atoms. The van der Waals surface area contributed by atoms with Gasteiger partial charge in [0.05, 0.1) is 18.3 Å². The van der Waals surface area contributed by atoms with E-state index in [1.807, 2.05) is 11.0 Å². The molecule has 6 nitrogen and oxygen atoms in total. The minimum Gasteiger partial charge on any atom is -0.490 e. The first-order valence-corrected chi connectivity index (χ1v) is 8.39. The maximum absolute atomic E-state index is 13.5. The number of ether oxygens (including phenoxy) is 2. The van der Waals surface area contributed by atoms with Crippen LogP contribution in [0.4, 0.5) is 4.39 Å². The second-order valence-electron chi connectivity index (χ2n) is 6.03. The molecule has 0 aliphatic carbocycles. The van der Waals surface area contributed by atoms with Crippen molar-refractivity contribution >= 4 is 5.91 Å². The summed E-state index contributed by atoms with van der Waals surface area (Å²) in [4.78, 5) is 13.9. The van der Waals surface area contributed by atoms with Gasteiger partial charge in [0.1, 0.15) is 6.61 Å². The van der Waals surface area contributed by atoms with Crippen molar-refractivity contribution in [3.05, 3.63) is 47.5 Å². The highest BCUT2D eigenvalue weighted by Crippen LogP contribution is 2.31. The number of hydrogen-bond acceptors (Lipinski definition) is 4. The number of halogens is 1. The molecule has 7 heteroatoms. The molecule has 3 rings (SSSR count). The summed E-state index contributed by atoms with van der Waals surface area (Å²) in [6.07, 6.45) is 2.43. The monoisotopic (exact) mass is 347 g/mol. The summed E-state index contributed by atoms with van der Waals surface area (Å²) in [6, 6.07) is 8.27. The molecule has 25 heavy (non-hydrogen) atoms. The molecule has 134 valence electrons. The molecule has 1 aliphatic rings. The topological polar surface area (TPSA) is 67.4 Å². The first-order valence-electron chi connectivity index (χ1n) is 8.39. The van der Waals surface area contributed by atoms with Crippen LogP contribution in [0, 0.1) is 5.82 Å². The number of likely N-dealkylation sites (tertiary alicyclic amines) is 1. The van der Waals surface area contributed by atoms with E-state index < -0.39 is 0 Å². The Labute approximate surface area is 145 Å². The first kappa shape index (κ1) is 17.4. The zero-order valence-corrected chi connectivity index (χ0v) is 14.2. The highest BCUT2D eigenvalue weighted by molar-refractivity contribution is 5.78. The Morgan fingerprint density at radius 1 is 1.44 bits per heavy atom. The second kappa shape index (κ2) is 8.11. The standard InChI is InChI=1S/C18H22FN3O3/c1-24-12-18(23)22-9-4-6-16(22)15-11-13(20-21-15)8-10-25-17-7-3-2-5-14(17)19/h2-3,5,7,11,16H,4,6,8-10,12H2,1H3,(H,20,21)/t16-/m0/s1. The van der Waals surface area contributed by atoms with Crippen LogP contribution in [0.2, 0.25) is 0 Å². The van der Waals surface area contributed by atoms with Gasteiger partial charge in [0, 0.05) is 25.8 Å². The third kappa shape index (κ3) is 4.17. The number of carbonyl (C=O) groups excluding carboxylic acids is 1. The fourth-order valence-electron chi connectivity index (χ4n) is 3.09. The number of hydrogen-bond donors (Lipinski definition) is 1. The van der Waals surface area contributed by atoms with E-state index in [9.17, 15) is 9.18 Å². The van der Waals surface area contributed by atoms with Crippen molar-refractivity contribution in [3.8, 4) is 5.75 Å². The van der Waals surface area contributed by atoms with Crippen molar-refractivity contribution in [1.82, 2.24) is 15.1 Å². The number of H-pyrrole nitrogens is 1. The number of para-hydroxylation sites is 1. The molecule has 1 N–H and O–H groups in total. The summed E-state index contributed by atoms with van der Waals surface area (Å²) in [6.45, 7) is 1.16.